The summed E-state index contributed by atoms with van der Waals surface area (Å²) in [7, 11) is 0. The number of nitrogens with two attached hydrogens (primary N) is 2. The largest absolute Gasteiger partial charge is 0.493 e. The van der Waals surface area contributed by atoms with Crippen molar-refractivity contribution in [3.05, 3.63) is 107 Å². The molecule has 3 amide bonds. The first kappa shape index (κ1) is 52.9. The number of hydrogen-bond acceptors (Lipinski definition) is 7. The van der Waals surface area contributed by atoms with Crippen molar-refractivity contribution in [1.29, 1.82) is 0 Å². The van der Waals surface area contributed by atoms with E-state index in [1.807, 2.05) is 80.6 Å². The molecule has 0 unspecified atom stereocenters. The fourth-order valence-electron chi connectivity index (χ4n) is 7.79. The third-order valence-electron chi connectivity index (χ3n) is 11.3. The second kappa shape index (κ2) is 26.5. The van der Waals surface area contributed by atoms with E-state index in [-0.39, 0.29) is 37.7 Å². The molecule has 3 atom stereocenters. The van der Waals surface area contributed by atoms with Crippen molar-refractivity contribution in [1.82, 2.24) is 16.0 Å². The maximum absolute atomic E-state index is 14.2. The Kier molecular flexibility index (Phi) is 20.6. The monoisotopic (exact) mass is 971 g/mol. The number of benzene rings is 5. The zero-order valence-corrected chi connectivity index (χ0v) is 41.0. The summed E-state index contributed by atoms with van der Waals surface area (Å²) in [6.45, 7) is 8.96. The average Bonchev–Trinajstić information content (AvgIpc) is 3.30. The van der Waals surface area contributed by atoms with Crippen LogP contribution in [-0.4, -0.2) is 74.1 Å². The number of ether oxygens (including phenoxy) is 3. The van der Waals surface area contributed by atoms with Gasteiger partial charge in [-0.05, 0) is 103 Å². The minimum absolute atomic E-state index is 0.00662. The van der Waals surface area contributed by atoms with Crippen molar-refractivity contribution in [3.63, 3.8) is 0 Å². The number of esters is 1. The molecule has 0 aromatic heterocycles. The van der Waals surface area contributed by atoms with Gasteiger partial charge in [0.05, 0.1) is 19.7 Å². The standard InChI is InChI=1S/C52H65Cl2N7O7/c1-32(2)25-28-66-44-23-21-34-13-5-7-15-36(34)47(44)48-37-16-8-6-14-35(37)22-24-45(48)67-31-46(62)59-41(19-9-10-26-55)49(63)60-42(20-12-27-58-52(56)57)50(64)61-43(29-33(3)4)51(65)68-30-38-39(53)17-11-18-40(38)54/h5-8,11,13-18,21-24,32-33,41-43H,9-10,12,19-20,25-31,55H2,1-4H3,(H,59,62)(H,60,63)(H,61,64)(H4,56,57,58)/p+2/t41-,42-,43+/m1/s1. The zero-order valence-electron chi connectivity index (χ0n) is 39.5. The van der Waals surface area contributed by atoms with E-state index in [9.17, 15) is 19.2 Å². The summed E-state index contributed by atoms with van der Waals surface area (Å²) in [6.07, 6.45) is 3.16. The maximum Gasteiger partial charge on any atom is 0.338 e. The Morgan fingerprint density at radius 2 is 1.21 bits per heavy atom. The first-order chi connectivity index (χ1) is 32.7. The van der Waals surface area contributed by atoms with Gasteiger partial charge in [0.1, 0.15) is 36.2 Å². The van der Waals surface area contributed by atoms with Crippen LogP contribution in [0.1, 0.15) is 78.2 Å². The van der Waals surface area contributed by atoms with Crippen molar-refractivity contribution in [2.24, 2.45) is 23.3 Å². The van der Waals surface area contributed by atoms with Crippen LogP contribution in [-0.2, 0) is 30.5 Å². The van der Waals surface area contributed by atoms with Gasteiger partial charge in [-0.2, -0.15) is 0 Å². The van der Waals surface area contributed by atoms with Crippen LogP contribution < -0.4 is 47.6 Å². The Balaban J connectivity index is 1.38. The second-order valence-electron chi connectivity index (χ2n) is 17.7. The van der Waals surface area contributed by atoms with Crippen LogP contribution in [0, 0.1) is 11.8 Å². The topological polar surface area (TPSA) is 226 Å². The highest BCUT2D eigenvalue weighted by molar-refractivity contribution is 6.36. The number of hydrogen-bond donors (Lipinski definition) is 7. The number of quaternary nitrogens is 1. The third kappa shape index (κ3) is 15.5. The molecule has 0 heterocycles. The molecular weight excluding hydrogens is 906 g/mol. The van der Waals surface area contributed by atoms with Crippen LogP contribution in [0.4, 0.5) is 0 Å². The number of fused-ring (bicyclic) bond motifs is 2. The van der Waals surface area contributed by atoms with Gasteiger partial charge < -0.3 is 35.9 Å². The fraction of sp³-hybridized carbons (Fsp3) is 0.404. The van der Waals surface area contributed by atoms with Crippen molar-refractivity contribution < 1.29 is 44.1 Å². The Hall–Kier alpha value is -6.09. The van der Waals surface area contributed by atoms with Crippen LogP contribution in [0.25, 0.3) is 32.7 Å². The van der Waals surface area contributed by atoms with Gasteiger partial charge in [-0.25, -0.2) is 4.79 Å². The van der Waals surface area contributed by atoms with Gasteiger partial charge in [0.2, 0.25) is 11.8 Å². The molecule has 0 spiro atoms. The predicted octanol–water partition coefficient (Wildman–Crippen LogP) is 5.56. The van der Waals surface area contributed by atoms with Gasteiger partial charge in [0, 0.05) is 26.7 Å². The van der Waals surface area contributed by atoms with Crippen LogP contribution in [0.15, 0.2) is 91.0 Å². The summed E-state index contributed by atoms with van der Waals surface area (Å²) < 4.78 is 18.5. The summed E-state index contributed by atoms with van der Waals surface area (Å²) in [5.74, 6) is -0.825. The van der Waals surface area contributed by atoms with Gasteiger partial charge in [-0.1, -0.05) is 118 Å². The molecule has 0 aliphatic carbocycles. The molecule has 16 heteroatoms. The molecule has 0 saturated heterocycles. The van der Waals surface area contributed by atoms with Crippen molar-refractivity contribution in [2.75, 3.05) is 26.3 Å². The normalized spacial score (nSPS) is 12.6. The van der Waals surface area contributed by atoms with Gasteiger partial charge in [-0.15, -0.1) is 0 Å². The molecule has 11 N–H and O–H groups in total. The van der Waals surface area contributed by atoms with Crippen LogP contribution >= 0.6 is 23.2 Å². The summed E-state index contributed by atoms with van der Waals surface area (Å²) in [5.41, 5.74) is 17.2. The molecule has 0 fully saturated rings. The highest BCUT2D eigenvalue weighted by Gasteiger charge is 2.31. The number of halogens is 2. The molecule has 14 nitrogen and oxygen atoms in total. The van der Waals surface area contributed by atoms with E-state index in [1.54, 1.807) is 18.2 Å². The van der Waals surface area contributed by atoms with Crippen molar-refractivity contribution >= 4 is 74.4 Å². The van der Waals surface area contributed by atoms with Crippen molar-refractivity contribution in [3.8, 4) is 22.6 Å². The third-order valence-corrected chi connectivity index (χ3v) is 12.1. The highest BCUT2D eigenvalue weighted by atomic mass is 35.5. The van der Waals surface area contributed by atoms with Gasteiger partial charge >= 0.3 is 11.9 Å². The smallest absolute Gasteiger partial charge is 0.338 e. The number of carbonyl (C=O) groups is 4. The zero-order chi connectivity index (χ0) is 49.2. The lowest BCUT2D eigenvalue weighted by Crippen LogP contribution is -2.78. The minimum atomic E-state index is -1.12. The number of unbranched alkanes of at least 4 members (excludes halogenated alkanes) is 1. The van der Waals surface area contributed by atoms with E-state index in [0.29, 0.717) is 72.0 Å². The van der Waals surface area contributed by atoms with Crippen LogP contribution in [0.3, 0.4) is 0 Å². The fourth-order valence-corrected chi connectivity index (χ4v) is 8.30. The average molecular weight is 973 g/mol. The first-order valence-corrected chi connectivity index (χ1v) is 24.1. The Morgan fingerprint density at radius 3 is 1.78 bits per heavy atom. The predicted molar refractivity (Wildman–Crippen MR) is 269 cm³/mol. The molecule has 68 heavy (non-hydrogen) atoms. The Bertz CT molecular complexity index is 2510. The number of nitrogens with one attached hydrogen (secondary N) is 4. The summed E-state index contributed by atoms with van der Waals surface area (Å²) in [4.78, 5) is 58.6. The molecule has 5 aromatic rings. The lowest BCUT2D eigenvalue weighted by atomic mass is 9.92. The number of rotatable bonds is 26. The summed E-state index contributed by atoms with van der Waals surface area (Å²) in [5, 5.41) is 13.1. The molecule has 0 aliphatic rings. The number of carbonyl (C=O) groups excluding carboxylic acids is 4. The first-order valence-electron chi connectivity index (χ1n) is 23.4. The molecule has 0 aliphatic heterocycles. The summed E-state index contributed by atoms with van der Waals surface area (Å²) >= 11 is 12.6. The SMILES string of the molecule is CC(C)CCOc1ccc2ccccc2c1-c1c(OCC(=O)N[C@H](CCCC[NH3+])C(=O)N[C@H](CCC[NH+]=C(N)N)C(=O)N[C@@H](CC(C)C)C(=O)OCc2c(Cl)cccc2Cl)ccc2ccccc12. The van der Waals surface area contributed by atoms with E-state index >= 15 is 0 Å². The van der Waals surface area contributed by atoms with E-state index in [4.69, 9.17) is 48.9 Å². The van der Waals surface area contributed by atoms with E-state index in [1.165, 1.54) is 0 Å². The molecule has 0 radical (unpaired) electrons. The Morgan fingerprint density at radius 1 is 0.647 bits per heavy atom. The highest BCUT2D eigenvalue weighted by Crippen LogP contribution is 2.45. The van der Waals surface area contributed by atoms with Gasteiger partial charge in [0.25, 0.3) is 5.91 Å². The van der Waals surface area contributed by atoms with Crippen molar-refractivity contribution in [2.45, 2.75) is 97.4 Å². The lowest BCUT2D eigenvalue weighted by Gasteiger charge is -2.26. The second-order valence-corrected chi connectivity index (χ2v) is 18.5. The number of guanidine groups is 1. The van der Waals surface area contributed by atoms with Gasteiger partial charge in [-0.3, -0.25) is 30.8 Å². The van der Waals surface area contributed by atoms with Crippen LogP contribution in [0.5, 0.6) is 11.5 Å². The molecule has 0 bridgehead atoms. The molecule has 5 aromatic carbocycles. The molecule has 364 valence electrons. The summed E-state index contributed by atoms with van der Waals surface area (Å²) in [6, 6.07) is 25.6. The molecule has 5 rings (SSSR count). The maximum atomic E-state index is 14.2. The minimum Gasteiger partial charge on any atom is -0.493 e. The van der Waals surface area contributed by atoms with E-state index < -0.39 is 48.4 Å². The van der Waals surface area contributed by atoms with E-state index in [0.717, 1.165) is 39.1 Å². The number of amides is 3. The molecule has 0 saturated carbocycles. The van der Waals surface area contributed by atoms with Gasteiger partial charge in [0.15, 0.2) is 6.61 Å². The lowest BCUT2D eigenvalue weighted by molar-refractivity contribution is -0.459. The molecular formula is C52H67Cl2N7O7+2. The quantitative estimate of drug-likeness (QED) is 0.0159. The van der Waals surface area contributed by atoms with Crippen LogP contribution in [0.2, 0.25) is 10.0 Å². The van der Waals surface area contributed by atoms with E-state index in [2.05, 4.69) is 46.6 Å². The Labute approximate surface area is 409 Å².